The van der Waals surface area contributed by atoms with Gasteiger partial charge >= 0.3 is 0 Å². The van der Waals surface area contributed by atoms with Crippen molar-refractivity contribution in [1.29, 1.82) is 0 Å². The molecule has 0 aromatic carbocycles. The lowest BCUT2D eigenvalue weighted by Gasteiger charge is -2.25. The van der Waals surface area contributed by atoms with Crippen LogP contribution in [0.25, 0.3) is 0 Å². The molecule has 1 aromatic rings. The largest absolute Gasteiger partial charge is 0.355 e. The highest BCUT2D eigenvalue weighted by molar-refractivity contribution is 5.92. The first-order chi connectivity index (χ1) is 7.65. The molecule has 3 nitrogen and oxygen atoms in total. The summed E-state index contributed by atoms with van der Waals surface area (Å²) in [6, 6.07) is 0.994. The van der Waals surface area contributed by atoms with Crippen LogP contribution in [-0.2, 0) is 0 Å². The summed E-state index contributed by atoms with van der Waals surface area (Å²) >= 11 is 0. The Morgan fingerprint density at radius 3 is 2.94 bits per heavy atom. The van der Waals surface area contributed by atoms with Crippen LogP contribution < -0.4 is 5.32 Å². The minimum absolute atomic E-state index is 0.136. The smallest absolute Gasteiger partial charge is 0.268 e. The highest BCUT2D eigenvalue weighted by Crippen LogP contribution is 2.21. The van der Waals surface area contributed by atoms with E-state index in [1.54, 1.807) is 0 Å². The van der Waals surface area contributed by atoms with Gasteiger partial charge in [0.1, 0.15) is 17.7 Å². The third kappa shape index (κ3) is 2.59. The molecule has 0 spiro atoms. The third-order valence-corrected chi connectivity index (χ3v) is 2.84. The lowest BCUT2D eigenvalue weighted by atomic mass is 9.94. The van der Waals surface area contributed by atoms with E-state index in [-0.39, 0.29) is 17.6 Å². The maximum absolute atomic E-state index is 13.1. The minimum Gasteiger partial charge on any atom is -0.355 e. The van der Waals surface area contributed by atoms with Crippen molar-refractivity contribution in [3.63, 3.8) is 0 Å². The van der Waals surface area contributed by atoms with Crippen molar-refractivity contribution in [3.05, 3.63) is 23.8 Å². The van der Waals surface area contributed by atoms with Crippen LogP contribution in [0.15, 0.2) is 12.3 Å². The van der Waals surface area contributed by atoms with Crippen LogP contribution in [0.3, 0.4) is 0 Å². The zero-order valence-corrected chi connectivity index (χ0v) is 8.80. The molecule has 1 aliphatic carbocycles. The molecule has 0 unspecified atom stereocenters. The van der Waals surface area contributed by atoms with Gasteiger partial charge in [-0.25, -0.2) is 8.78 Å². The Bertz CT molecular complexity index is 378. The van der Waals surface area contributed by atoms with Gasteiger partial charge in [-0.05, 0) is 25.7 Å². The van der Waals surface area contributed by atoms with E-state index in [4.69, 9.17) is 0 Å². The van der Waals surface area contributed by atoms with Crippen LogP contribution in [0.2, 0.25) is 0 Å². The molecule has 0 radical (unpaired) electrons. The maximum Gasteiger partial charge on any atom is 0.268 e. The molecule has 0 saturated heterocycles. The molecule has 5 heteroatoms. The van der Waals surface area contributed by atoms with Crippen LogP contribution in [0, 0.1) is 5.82 Å². The summed E-state index contributed by atoms with van der Waals surface area (Å²) in [6.45, 7) is 0. The fourth-order valence-electron chi connectivity index (χ4n) is 2.02. The number of H-pyrrole nitrogens is 1. The quantitative estimate of drug-likeness (QED) is 0.800. The third-order valence-electron chi connectivity index (χ3n) is 2.84. The topological polar surface area (TPSA) is 44.9 Å². The molecule has 1 heterocycles. The summed E-state index contributed by atoms with van der Waals surface area (Å²) in [4.78, 5) is 14.1. The van der Waals surface area contributed by atoms with Crippen LogP contribution in [-0.4, -0.2) is 23.1 Å². The lowest BCUT2D eigenvalue weighted by Crippen LogP contribution is -2.39. The molecule has 1 saturated carbocycles. The standard InChI is InChI=1S/C11H14F2N2O/c12-7-2-1-3-9(4-7)15-11(16)10-5-8(13)6-14-10/h5-7,9,14H,1-4H2,(H,15,16)/t7-,9-/m0/s1. The molecule has 0 bridgehead atoms. The number of carbonyl (C=O) groups excluding carboxylic acids is 1. The average Bonchev–Trinajstić information content (AvgIpc) is 2.65. The van der Waals surface area contributed by atoms with Gasteiger partial charge in [0.25, 0.3) is 5.91 Å². The zero-order chi connectivity index (χ0) is 11.5. The highest BCUT2D eigenvalue weighted by Gasteiger charge is 2.23. The first kappa shape index (κ1) is 11.1. The van der Waals surface area contributed by atoms with Gasteiger partial charge in [0, 0.05) is 18.3 Å². The van der Waals surface area contributed by atoms with E-state index in [9.17, 15) is 13.6 Å². The van der Waals surface area contributed by atoms with Gasteiger partial charge in [-0.3, -0.25) is 4.79 Å². The Morgan fingerprint density at radius 1 is 1.50 bits per heavy atom. The van der Waals surface area contributed by atoms with Crippen LogP contribution in [0.1, 0.15) is 36.2 Å². The van der Waals surface area contributed by atoms with Crippen LogP contribution >= 0.6 is 0 Å². The van der Waals surface area contributed by atoms with Crippen molar-refractivity contribution in [1.82, 2.24) is 10.3 Å². The van der Waals surface area contributed by atoms with E-state index < -0.39 is 12.0 Å². The summed E-state index contributed by atoms with van der Waals surface area (Å²) in [5, 5.41) is 2.70. The number of halogens is 2. The number of nitrogens with one attached hydrogen (secondary N) is 2. The first-order valence-electron chi connectivity index (χ1n) is 5.44. The Hall–Kier alpha value is -1.39. The number of alkyl halides is 1. The van der Waals surface area contributed by atoms with Crippen LogP contribution in [0.4, 0.5) is 8.78 Å². The van der Waals surface area contributed by atoms with E-state index in [0.717, 1.165) is 25.1 Å². The Kier molecular flexibility index (Phi) is 3.22. The van der Waals surface area contributed by atoms with E-state index >= 15 is 0 Å². The number of aromatic amines is 1. The molecular weight excluding hydrogens is 214 g/mol. The van der Waals surface area contributed by atoms with Crippen molar-refractivity contribution in [2.45, 2.75) is 37.9 Å². The molecule has 1 fully saturated rings. The van der Waals surface area contributed by atoms with E-state index in [0.29, 0.717) is 12.8 Å². The molecular formula is C11H14F2N2O. The lowest BCUT2D eigenvalue weighted by molar-refractivity contribution is 0.0908. The molecule has 16 heavy (non-hydrogen) atoms. The monoisotopic (exact) mass is 228 g/mol. The zero-order valence-electron chi connectivity index (χ0n) is 8.80. The van der Waals surface area contributed by atoms with Gasteiger partial charge < -0.3 is 10.3 Å². The van der Waals surface area contributed by atoms with E-state index in [2.05, 4.69) is 10.3 Å². The summed E-state index contributed by atoms with van der Waals surface area (Å²) in [5.41, 5.74) is 0.179. The van der Waals surface area contributed by atoms with Gasteiger partial charge in [0.05, 0.1) is 0 Å². The van der Waals surface area contributed by atoms with Gasteiger partial charge in [0.2, 0.25) is 0 Å². The normalized spacial score (nSPS) is 25.4. The Morgan fingerprint density at radius 2 is 2.31 bits per heavy atom. The second-order valence-corrected chi connectivity index (χ2v) is 4.17. The fraction of sp³-hybridized carbons (Fsp3) is 0.545. The number of hydrogen-bond donors (Lipinski definition) is 2. The maximum atomic E-state index is 13.1. The predicted molar refractivity (Wildman–Crippen MR) is 55.4 cm³/mol. The van der Waals surface area contributed by atoms with Gasteiger partial charge in [-0.2, -0.15) is 0 Å². The van der Waals surface area contributed by atoms with Gasteiger partial charge in [-0.15, -0.1) is 0 Å². The van der Waals surface area contributed by atoms with E-state index in [1.807, 2.05) is 0 Å². The average molecular weight is 228 g/mol. The van der Waals surface area contributed by atoms with Gasteiger partial charge in [0.15, 0.2) is 0 Å². The fourth-order valence-corrected chi connectivity index (χ4v) is 2.02. The number of amides is 1. The first-order valence-corrected chi connectivity index (χ1v) is 5.44. The molecule has 2 N–H and O–H groups in total. The van der Waals surface area contributed by atoms with Crippen molar-refractivity contribution >= 4 is 5.91 Å². The summed E-state index contributed by atoms with van der Waals surface area (Å²) in [5.74, 6) is -0.847. The molecule has 2 rings (SSSR count). The molecule has 88 valence electrons. The molecule has 0 aliphatic heterocycles. The molecule has 1 amide bonds. The van der Waals surface area contributed by atoms with E-state index in [1.165, 1.54) is 0 Å². The van der Waals surface area contributed by atoms with Crippen molar-refractivity contribution in [2.24, 2.45) is 0 Å². The Labute approximate surface area is 92.2 Å². The highest BCUT2D eigenvalue weighted by atomic mass is 19.1. The van der Waals surface area contributed by atoms with Gasteiger partial charge in [-0.1, -0.05) is 0 Å². The number of hydrogen-bond acceptors (Lipinski definition) is 1. The number of rotatable bonds is 2. The van der Waals surface area contributed by atoms with Crippen molar-refractivity contribution in [3.8, 4) is 0 Å². The number of carbonyl (C=O) groups is 1. The molecule has 1 aliphatic rings. The SMILES string of the molecule is O=C(N[C@H]1CCC[C@H](F)C1)c1cc(F)c[nH]1. The summed E-state index contributed by atoms with van der Waals surface area (Å²) in [6.07, 6.45) is 2.78. The summed E-state index contributed by atoms with van der Waals surface area (Å²) in [7, 11) is 0. The predicted octanol–water partition coefficient (Wildman–Crippen LogP) is 2.16. The molecule has 2 atom stereocenters. The van der Waals surface area contributed by atoms with Crippen molar-refractivity contribution in [2.75, 3.05) is 0 Å². The number of aromatic nitrogens is 1. The minimum atomic E-state index is -0.834. The molecule has 1 aromatic heterocycles. The van der Waals surface area contributed by atoms with Crippen molar-refractivity contribution < 1.29 is 13.6 Å². The second kappa shape index (κ2) is 4.63. The Balaban J connectivity index is 1.92. The second-order valence-electron chi connectivity index (χ2n) is 4.17. The van der Waals surface area contributed by atoms with Crippen LogP contribution in [0.5, 0.6) is 0 Å². The summed E-state index contributed by atoms with van der Waals surface area (Å²) < 4.78 is 25.7.